The van der Waals surface area contributed by atoms with E-state index in [1.54, 1.807) is 0 Å². The maximum atomic E-state index is 3.78. The minimum absolute atomic E-state index is 0.717. The van der Waals surface area contributed by atoms with Gasteiger partial charge in [0, 0.05) is 12.1 Å². The van der Waals surface area contributed by atoms with Crippen LogP contribution in [0.5, 0.6) is 0 Å². The molecule has 0 spiro atoms. The summed E-state index contributed by atoms with van der Waals surface area (Å²) >= 11 is 0. The normalized spacial score (nSPS) is 49.7. The van der Waals surface area contributed by atoms with Crippen molar-refractivity contribution in [2.45, 2.75) is 44.2 Å². The van der Waals surface area contributed by atoms with E-state index < -0.39 is 0 Å². The number of fused-ring (bicyclic) bond motifs is 1. The summed E-state index contributed by atoms with van der Waals surface area (Å²) in [5.74, 6) is 2.19. The van der Waals surface area contributed by atoms with Crippen LogP contribution in [0, 0.1) is 11.8 Å². The fraction of sp³-hybridized carbons (Fsp3) is 0.818. The SMILES string of the molecule is C1=CC(NC2CC[C@H]3C[C@@H]23)CC1. The van der Waals surface area contributed by atoms with Gasteiger partial charge in [0.05, 0.1) is 0 Å². The molecule has 12 heavy (non-hydrogen) atoms. The van der Waals surface area contributed by atoms with Gasteiger partial charge in [-0.15, -0.1) is 0 Å². The maximum Gasteiger partial charge on any atom is 0.0255 e. The molecule has 3 aliphatic rings. The van der Waals surface area contributed by atoms with Gasteiger partial charge in [0.2, 0.25) is 0 Å². The summed E-state index contributed by atoms with van der Waals surface area (Å²) in [5.41, 5.74) is 0. The lowest BCUT2D eigenvalue weighted by Gasteiger charge is -2.18. The molecule has 0 radical (unpaired) electrons. The minimum Gasteiger partial charge on any atom is -0.307 e. The molecule has 4 atom stereocenters. The summed E-state index contributed by atoms with van der Waals surface area (Å²) in [5, 5.41) is 3.78. The van der Waals surface area contributed by atoms with Gasteiger partial charge in [-0.05, 0) is 43.9 Å². The highest BCUT2D eigenvalue weighted by Crippen LogP contribution is 2.51. The molecule has 1 nitrogen and oxygen atoms in total. The van der Waals surface area contributed by atoms with Crippen molar-refractivity contribution in [2.24, 2.45) is 11.8 Å². The average Bonchev–Trinajstić information content (AvgIpc) is 2.54. The lowest BCUT2D eigenvalue weighted by atomic mass is 10.1. The Balaban J connectivity index is 1.57. The second-order valence-corrected chi connectivity index (χ2v) is 4.62. The van der Waals surface area contributed by atoms with E-state index in [2.05, 4.69) is 17.5 Å². The van der Waals surface area contributed by atoms with Crippen LogP contribution in [0.25, 0.3) is 0 Å². The van der Waals surface area contributed by atoms with Crippen molar-refractivity contribution in [2.75, 3.05) is 0 Å². The average molecular weight is 163 g/mol. The van der Waals surface area contributed by atoms with Gasteiger partial charge >= 0.3 is 0 Å². The number of hydrogen-bond acceptors (Lipinski definition) is 1. The third-order valence-corrected chi connectivity index (χ3v) is 3.78. The maximum absolute atomic E-state index is 3.78. The molecule has 0 aromatic carbocycles. The highest BCUT2D eigenvalue weighted by molar-refractivity contribution is 5.07. The zero-order chi connectivity index (χ0) is 7.97. The summed E-state index contributed by atoms with van der Waals surface area (Å²) < 4.78 is 0. The van der Waals surface area contributed by atoms with Gasteiger partial charge in [-0.2, -0.15) is 0 Å². The Hall–Kier alpha value is -0.300. The molecule has 0 amide bonds. The topological polar surface area (TPSA) is 12.0 Å². The van der Waals surface area contributed by atoms with Gasteiger partial charge in [-0.3, -0.25) is 0 Å². The molecule has 0 aliphatic heterocycles. The fourth-order valence-corrected chi connectivity index (χ4v) is 2.96. The third-order valence-electron chi connectivity index (χ3n) is 3.78. The first-order valence-corrected chi connectivity index (χ1v) is 5.36. The van der Waals surface area contributed by atoms with Crippen molar-refractivity contribution < 1.29 is 0 Å². The van der Waals surface area contributed by atoms with Crippen LogP contribution in [-0.2, 0) is 0 Å². The molecule has 2 unspecified atom stereocenters. The van der Waals surface area contributed by atoms with E-state index in [9.17, 15) is 0 Å². The van der Waals surface area contributed by atoms with E-state index in [1.807, 2.05) is 0 Å². The van der Waals surface area contributed by atoms with Crippen LogP contribution in [0.4, 0.5) is 0 Å². The van der Waals surface area contributed by atoms with E-state index in [1.165, 1.54) is 32.1 Å². The van der Waals surface area contributed by atoms with Gasteiger partial charge in [-0.25, -0.2) is 0 Å². The molecule has 0 aromatic rings. The molecule has 3 aliphatic carbocycles. The van der Waals surface area contributed by atoms with Crippen LogP contribution >= 0.6 is 0 Å². The van der Waals surface area contributed by atoms with E-state index >= 15 is 0 Å². The Morgan fingerprint density at radius 2 is 2.17 bits per heavy atom. The van der Waals surface area contributed by atoms with E-state index in [0.29, 0.717) is 6.04 Å². The van der Waals surface area contributed by atoms with E-state index in [0.717, 1.165) is 17.9 Å². The number of allylic oxidation sites excluding steroid dienone is 1. The Morgan fingerprint density at radius 1 is 1.17 bits per heavy atom. The second-order valence-electron chi connectivity index (χ2n) is 4.62. The van der Waals surface area contributed by atoms with Crippen LogP contribution in [-0.4, -0.2) is 12.1 Å². The lowest BCUT2D eigenvalue weighted by molar-refractivity contribution is 0.434. The largest absolute Gasteiger partial charge is 0.307 e. The lowest BCUT2D eigenvalue weighted by Crippen LogP contribution is -2.36. The zero-order valence-electron chi connectivity index (χ0n) is 7.50. The molecule has 66 valence electrons. The van der Waals surface area contributed by atoms with Gasteiger partial charge < -0.3 is 5.32 Å². The van der Waals surface area contributed by atoms with Crippen LogP contribution < -0.4 is 5.32 Å². The van der Waals surface area contributed by atoms with Crippen molar-refractivity contribution in [3.8, 4) is 0 Å². The number of hydrogen-bond donors (Lipinski definition) is 1. The Bertz CT molecular complexity index is 209. The molecule has 0 saturated heterocycles. The van der Waals surface area contributed by atoms with Gasteiger partial charge in [0.25, 0.3) is 0 Å². The molecule has 2 fully saturated rings. The number of nitrogens with one attached hydrogen (secondary N) is 1. The smallest absolute Gasteiger partial charge is 0.0255 e. The zero-order valence-corrected chi connectivity index (χ0v) is 7.50. The first-order valence-electron chi connectivity index (χ1n) is 5.36. The standard InChI is InChI=1S/C11H17N/c1-2-4-9(3-1)12-11-6-5-8-7-10(8)11/h1,3,8-12H,2,4-7H2/t8-,9?,10+,11?/m0/s1. The van der Waals surface area contributed by atoms with E-state index in [4.69, 9.17) is 0 Å². The molecule has 0 bridgehead atoms. The van der Waals surface area contributed by atoms with Crippen molar-refractivity contribution >= 4 is 0 Å². The molecule has 2 saturated carbocycles. The van der Waals surface area contributed by atoms with Crippen LogP contribution in [0.3, 0.4) is 0 Å². The van der Waals surface area contributed by atoms with Crippen LogP contribution in [0.15, 0.2) is 12.2 Å². The summed E-state index contributed by atoms with van der Waals surface area (Å²) in [7, 11) is 0. The Morgan fingerprint density at radius 3 is 2.75 bits per heavy atom. The highest BCUT2D eigenvalue weighted by atomic mass is 15.0. The van der Waals surface area contributed by atoms with Crippen molar-refractivity contribution in [1.82, 2.24) is 5.32 Å². The monoisotopic (exact) mass is 163 g/mol. The quantitative estimate of drug-likeness (QED) is 0.615. The predicted octanol–water partition coefficient (Wildman–Crippen LogP) is 2.09. The van der Waals surface area contributed by atoms with Gasteiger partial charge in [-0.1, -0.05) is 12.2 Å². The number of rotatable bonds is 2. The summed E-state index contributed by atoms with van der Waals surface area (Å²) in [6, 6.07) is 1.59. The summed E-state index contributed by atoms with van der Waals surface area (Å²) in [4.78, 5) is 0. The van der Waals surface area contributed by atoms with Crippen molar-refractivity contribution in [3.63, 3.8) is 0 Å². The molecule has 1 N–H and O–H groups in total. The van der Waals surface area contributed by atoms with Crippen LogP contribution in [0.2, 0.25) is 0 Å². The first kappa shape index (κ1) is 7.14. The highest BCUT2D eigenvalue weighted by Gasteiger charge is 2.48. The summed E-state index contributed by atoms with van der Waals surface area (Å²) in [6.45, 7) is 0. The molecular formula is C11H17N. The fourth-order valence-electron chi connectivity index (χ4n) is 2.96. The molecule has 1 heteroatoms. The van der Waals surface area contributed by atoms with Crippen molar-refractivity contribution in [1.29, 1.82) is 0 Å². The Kier molecular flexibility index (Phi) is 1.54. The van der Waals surface area contributed by atoms with Gasteiger partial charge in [0.1, 0.15) is 0 Å². The molecule has 3 rings (SSSR count). The molecule has 0 aromatic heterocycles. The minimum atomic E-state index is 0.717. The molecular weight excluding hydrogens is 146 g/mol. The van der Waals surface area contributed by atoms with E-state index in [-0.39, 0.29) is 0 Å². The van der Waals surface area contributed by atoms with Crippen LogP contribution in [0.1, 0.15) is 32.1 Å². The summed E-state index contributed by atoms with van der Waals surface area (Å²) in [6.07, 6.45) is 11.8. The Labute approximate surface area is 74.2 Å². The van der Waals surface area contributed by atoms with Gasteiger partial charge in [0.15, 0.2) is 0 Å². The van der Waals surface area contributed by atoms with Crippen molar-refractivity contribution in [3.05, 3.63) is 12.2 Å². The molecule has 0 heterocycles. The first-order chi connectivity index (χ1) is 5.93. The second kappa shape index (κ2) is 2.59. The predicted molar refractivity (Wildman–Crippen MR) is 49.9 cm³/mol. The third kappa shape index (κ3) is 1.11.